The van der Waals surface area contributed by atoms with E-state index in [9.17, 15) is 0 Å². The van der Waals surface area contributed by atoms with Crippen molar-refractivity contribution in [2.24, 2.45) is 11.3 Å². The molecule has 0 N–H and O–H groups in total. The van der Waals surface area contributed by atoms with E-state index in [0.717, 1.165) is 6.61 Å². The largest absolute Gasteiger partial charge is 0.377 e. The Hall–Kier alpha value is -0.0400. The summed E-state index contributed by atoms with van der Waals surface area (Å²) in [6.07, 6.45) is 6.14. The molecule has 1 saturated carbocycles. The molecule has 0 aromatic heterocycles. The average molecular weight is 154 g/mol. The lowest BCUT2D eigenvalue weighted by molar-refractivity contribution is -0.0476. The van der Waals surface area contributed by atoms with Crippen LogP contribution in [0.5, 0.6) is 0 Å². The number of rotatable bonds is 1. The summed E-state index contributed by atoms with van der Waals surface area (Å²) >= 11 is 0. The SMILES string of the molecule is CC(C)C1CCC2(CC2)CO1. The van der Waals surface area contributed by atoms with Crippen LogP contribution in [0.15, 0.2) is 0 Å². The Morgan fingerprint density at radius 3 is 2.36 bits per heavy atom. The van der Waals surface area contributed by atoms with E-state index in [2.05, 4.69) is 13.8 Å². The standard InChI is InChI=1S/C10H18O/c1-8(2)9-3-4-10(5-6-10)7-11-9/h8-9H,3-7H2,1-2H3. The molecule has 0 radical (unpaired) electrons. The van der Waals surface area contributed by atoms with E-state index in [1.165, 1.54) is 25.7 Å². The van der Waals surface area contributed by atoms with Gasteiger partial charge in [0.25, 0.3) is 0 Å². The van der Waals surface area contributed by atoms with Gasteiger partial charge >= 0.3 is 0 Å². The predicted molar refractivity (Wildman–Crippen MR) is 45.5 cm³/mol. The Balaban J connectivity index is 1.84. The topological polar surface area (TPSA) is 9.23 Å². The van der Waals surface area contributed by atoms with Crippen LogP contribution < -0.4 is 0 Å². The highest BCUT2D eigenvalue weighted by Crippen LogP contribution is 2.52. The molecule has 1 unspecified atom stereocenters. The first kappa shape index (κ1) is 7.60. The van der Waals surface area contributed by atoms with E-state index >= 15 is 0 Å². The van der Waals surface area contributed by atoms with Crippen molar-refractivity contribution in [2.75, 3.05) is 6.61 Å². The minimum absolute atomic E-state index is 0.557. The fourth-order valence-corrected chi connectivity index (χ4v) is 1.98. The Morgan fingerprint density at radius 2 is 2.00 bits per heavy atom. The quantitative estimate of drug-likeness (QED) is 0.564. The van der Waals surface area contributed by atoms with Crippen molar-refractivity contribution in [1.82, 2.24) is 0 Å². The fourth-order valence-electron chi connectivity index (χ4n) is 1.98. The van der Waals surface area contributed by atoms with Crippen LogP contribution >= 0.6 is 0 Å². The Bertz CT molecular complexity index is 137. The van der Waals surface area contributed by atoms with Gasteiger partial charge in [-0.05, 0) is 37.0 Å². The third-order valence-corrected chi connectivity index (χ3v) is 3.26. The summed E-state index contributed by atoms with van der Waals surface area (Å²) in [6.45, 7) is 5.57. The minimum atomic E-state index is 0.557. The summed E-state index contributed by atoms with van der Waals surface area (Å²) in [5.41, 5.74) is 0.672. The van der Waals surface area contributed by atoms with Crippen LogP contribution in [0.2, 0.25) is 0 Å². The molecule has 1 heterocycles. The van der Waals surface area contributed by atoms with Crippen LogP contribution in [0, 0.1) is 11.3 Å². The number of hydrogen-bond acceptors (Lipinski definition) is 1. The lowest BCUT2D eigenvalue weighted by Gasteiger charge is -2.31. The molecule has 2 fully saturated rings. The molecule has 1 aliphatic carbocycles. The Kier molecular flexibility index (Phi) is 1.71. The van der Waals surface area contributed by atoms with Crippen LogP contribution in [0.1, 0.15) is 39.5 Å². The molecule has 0 bridgehead atoms. The maximum atomic E-state index is 5.82. The zero-order valence-electron chi connectivity index (χ0n) is 7.60. The zero-order chi connectivity index (χ0) is 7.90. The Morgan fingerprint density at radius 1 is 1.27 bits per heavy atom. The molecule has 1 aliphatic heterocycles. The minimum Gasteiger partial charge on any atom is -0.377 e. The highest BCUT2D eigenvalue weighted by Gasteiger charge is 2.45. The highest BCUT2D eigenvalue weighted by molar-refractivity contribution is 4.96. The van der Waals surface area contributed by atoms with Crippen molar-refractivity contribution in [3.63, 3.8) is 0 Å². The van der Waals surface area contributed by atoms with Crippen molar-refractivity contribution in [2.45, 2.75) is 45.6 Å². The molecule has 64 valence electrons. The maximum absolute atomic E-state index is 5.82. The van der Waals surface area contributed by atoms with Crippen LogP contribution in [-0.4, -0.2) is 12.7 Å². The zero-order valence-corrected chi connectivity index (χ0v) is 7.60. The van der Waals surface area contributed by atoms with E-state index in [4.69, 9.17) is 4.74 Å². The molecule has 0 aromatic rings. The molecule has 2 rings (SSSR count). The van der Waals surface area contributed by atoms with Gasteiger partial charge in [-0.2, -0.15) is 0 Å². The summed E-state index contributed by atoms with van der Waals surface area (Å²) in [5, 5.41) is 0. The molecule has 2 aliphatic rings. The Labute approximate surface area is 69.1 Å². The fraction of sp³-hybridized carbons (Fsp3) is 1.00. The molecule has 1 atom stereocenters. The second-order valence-corrected chi connectivity index (χ2v) is 4.63. The molecular weight excluding hydrogens is 136 g/mol. The molecule has 1 heteroatoms. The van der Waals surface area contributed by atoms with Crippen molar-refractivity contribution < 1.29 is 4.74 Å². The molecule has 1 saturated heterocycles. The third kappa shape index (κ3) is 1.44. The van der Waals surface area contributed by atoms with Crippen molar-refractivity contribution in [1.29, 1.82) is 0 Å². The van der Waals surface area contributed by atoms with Crippen LogP contribution in [0.25, 0.3) is 0 Å². The second kappa shape index (κ2) is 2.48. The van der Waals surface area contributed by atoms with Crippen LogP contribution in [0.4, 0.5) is 0 Å². The van der Waals surface area contributed by atoms with Gasteiger partial charge in [-0.3, -0.25) is 0 Å². The summed E-state index contributed by atoms with van der Waals surface area (Å²) in [5.74, 6) is 0.714. The van der Waals surface area contributed by atoms with E-state index in [1.807, 2.05) is 0 Å². The summed E-state index contributed by atoms with van der Waals surface area (Å²) in [4.78, 5) is 0. The first-order valence-electron chi connectivity index (χ1n) is 4.83. The van der Waals surface area contributed by atoms with Gasteiger partial charge in [-0.15, -0.1) is 0 Å². The van der Waals surface area contributed by atoms with Crippen LogP contribution in [-0.2, 0) is 4.74 Å². The summed E-state index contributed by atoms with van der Waals surface area (Å²) in [6, 6.07) is 0. The molecule has 0 amide bonds. The van der Waals surface area contributed by atoms with E-state index < -0.39 is 0 Å². The van der Waals surface area contributed by atoms with Crippen molar-refractivity contribution in [3.8, 4) is 0 Å². The van der Waals surface area contributed by atoms with Gasteiger partial charge in [-0.25, -0.2) is 0 Å². The van der Waals surface area contributed by atoms with Crippen molar-refractivity contribution in [3.05, 3.63) is 0 Å². The van der Waals surface area contributed by atoms with E-state index in [1.54, 1.807) is 0 Å². The predicted octanol–water partition coefficient (Wildman–Crippen LogP) is 2.60. The van der Waals surface area contributed by atoms with Gasteiger partial charge in [0.15, 0.2) is 0 Å². The van der Waals surface area contributed by atoms with E-state index in [-0.39, 0.29) is 0 Å². The monoisotopic (exact) mass is 154 g/mol. The molecule has 1 spiro atoms. The molecule has 11 heavy (non-hydrogen) atoms. The molecule has 0 aromatic carbocycles. The van der Waals surface area contributed by atoms with Gasteiger partial charge in [0.05, 0.1) is 12.7 Å². The van der Waals surface area contributed by atoms with Gasteiger partial charge in [0.1, 0.15) is 0 Å². The van der Waals surface area contributed by atoms with E-state index in [0.29, 0.717) is 17.4 Å². The first-order chi connectivity index (χ1) is 5.22. The second-order valence-electron chi connectivity index (χ2n) is 4.63. The number of ether oxygens (including phenoxy) is 1. The molecular formula is C10H18O. The first-order valence-corrected chi connectivity index (χ1v) is 4.83. The lowest BCUT2D eigenvalue weighted by atomic mass is 9.91. The third-order valence-electron chi connectivity index (χ3n) is 3.26. The highest BCUT2D eigenvalue weighted by atomic mass is 16.5. The van der Waals surface area contributed by atoms with Gasteiger partial charge < -0.3 is 4.74 Å². The maximum Gasteiger partial charge on any atom is 0.0598 e. The van der Waals surface area contributed by atoms with Gasteiger partial charge in [-0.1, -0.05) is 13.8 Å². The normalized spacial score (nSPS) is 34.6. The summed E-state index contributed by atoms with van der Waals surface area (Å²) < 4.78 is 5.82. The van der Waals surface area contributed by atoms with Gasteiger partial charge in [0.2, 0.25) is 0 Å². The summed E-state index contributed by atoms with van der Waals surface area (Å²) in [7, 11) is 0. The number of hydrogen-bond donors (Lipinski definition) is 0. The average Bonchev–Trinajstić information content (AvgIpc) is 2.70. The molecule has 1 nitrogen and oxygen atoms in total. The lowest BCUT2D eigenvalue weighted by Crippen LogP contribution is -2.30. The van der Waals surface area contributed by atoms with Crippen LogP contribution in [0.3, 0.4) is 0 Å². The van der Waals surface area contributed by atoms with Gasteiger partial charge in [0, 0.05) is 0 Å². The van der Waals surface area contributed by atoms with Crippen molar-refractivity contribution >= 4 is 0 Å². The smallest absolute Gasteiger partial charge is 0.0598 e.